The van der Waals surface area contributed by atoms with Crippen molar-refractivity contribution in [1.82, 2.24) is 0 Å². The first-order chi connectivity index (χ1) is 11.4. The van der Waals surface area contributed by atoms with E-state index in [-0.39, 0.29) is 17.7 Å². The molecule has 0 atom stereocenters. The summed E-state index contributed by atoms with van der Waals surface area (Å²) >= 11 is 0. The summed E-state index contributed by atoms with van der Waals surface area (Å²) in [5.74, 6) is -0.644. The highest BCUT2D eigenvalue weighted by atomic mass is 16.2. The fourth-order valence-electron chi connectivity index (χ4n) is 2.13. The monoisotopic (exact) mass is 325 g/mol. The van der Waals surface area contributed by atoms with E-state index >= 15 is 0 Å². The zero-order valence-corrected chi connectivity index (χ0v) is 13.8. The van der Waals surface area contributed by atoms with Gasteiger partial charge in [-0.05, 0) is 36.4 Å². The maximum absolute atomic E-state index is 12.4. The zero-order valence-electron chi connectivity index (χ0n) is 13.8. The Hall–Kier alpha value is -3.15. The fourth-order valence-corrected chi connectivity index (χ4v) is 2.13. The van der Waals surface area contributed by atoms with Crippen LogP contribution in [0, 0.1) is 0 Å². The molecule has 2 aromatic carbocycles. The van der Waals surface area contributed by atoms with Crippen molar-refractivity contribution in [3.8, 4) is 0 Å². The highest BCUT2D eigenvalue weighted by Gasteiger charge is 2.12. The van der Waals surface area contributed by atoms with Crippen molar-refractivity contribution >= 4 is 34.8 Å². The standard InChI is InChI=1S/C18H19N3O3/c1-12(22)19-17-7-5-4-6-16(17)18(24)20-14-8-10-15(11-9-14)21(3)13(2)23/h4-11H,1-3H3,(H,19,22)(H,20,24). The number of hydrogen-bond donors (Lipinski definition) is 2. The van der Waals surface area contributed by atoms with Crippen molar-refractivity contribution in [2.45, 2.75) is 13.8 Å². The van der Waals surface area contributed by atoms with Crippen LogP contribution in [0.1, 0.15) is 24.2 Å². The molecule has 0 saturated carbocycles. The van der Waals surface area contributed by atoms with Crippen molar-refractivity contribution in [2.24, 2.45) is 0 Å². The molecule has 3 amide bonds. The lowest BCUT2D eigenvalue weighted by Gasteiger charge is -2.15. The predicted molar refractivity (Wildman–Crippen MR) is 94.2 cm³/mol. The molecule has 6 heteroatoms. The minimum absolute atomic E-state index is 0.0731. The first-order valence-corrected chi connectivity index (χ1v) is 7.41. The normalized spacial score (nSPS) is 9.96. The molecule has 124 valence electrons. The number of carbonyl (C=O) groups excluding carboxylic acids is 3. The highest BCUT2D eigenvalue weighted by Crippen LogP contribution is 2.20. The Balaban J connectivity index is 2.15. The molecular weight excluding hydrogens is 306 g/mol. The van der Waals surface area contributed by atoms with E-state index in [0.717, 1.165) is 5.69 Å². The summed E-state index contributed by atoms with van der Waals surface area (Å²) in [7, 11) is 1.68. The third-order valence-electron chi connectivity index (χ3n) is 3.47. The quantitative estimate of drug-likeness (QED) is 0.907. The Morgan fingerprint density at radius 2 is 1.50 bits per heavy atom. The molecule has 0 aromatic heterocycles. The van der Waals surface area contributed by atoms with Gasteiger partial charge in [-0.15, -0.1) is 0 Å². The number of rotatable bonds is 4. The number of anilines is 3. The van der Waals surface area contributed by atoms with E-state index in [4.69, 9.17) is 0 Å². The Morgan fingerprint density at radius 3 is 2.08 bits per heavy atom. The van der Waals surface area contributed by atoms with Crippen LogP contribution in [0.3, 0.4) is 0 Å². The Bertz CT molecular complexity index is 769. The molecule has 2 aromatic rings. The first kappa shape index (κ1) is 17.2. The number of benzene rings is 2. The van der Waals surface area contributed by atoms with Gasteiger partial charge in [-0.25, -0.2) is 0 Å². The summed E-state index contributed by atoms with van der Waals surface area (Å²) in [6.07, 6.45) is 0. The molecule has 0 aliphatic carbocycles. The molecule has 0 heterocycles. The number of nitrogens with zero attached hydrogens (tertiary/aromatic N) is 1. The molecule has 0 radical (unpaired) electrons. The topological polar surface area (TPSA) is 78.5 Å². The number of amides is 3. The number of nitrogens with one attached hydrogen (secondary N) is 2. The molecule has 6 nitrogen and oxygen atoms in total. The van der Waals surface area contributed by atoms with Gasteiger partial charge < -0.3 is 15.5 Å². The molecule has 0 aliphatic rings. The zero-order chi connectivity index (χ0) is 17.7. The largest absolute Gasteiger partial charge is 0.326 e. The average molecular weight is 325 g/mol. The van der Waals surface area contributed by atoms with Crippen LogP contribution in [0.2, 0.25) is 0 Å². The van der Waals surface area contributed by atoms with Crippen molar-refractivity contribution < 1.29 is 14.4 Å². The molecule has 2 N–H and O–H groups in total. The van der Waals surface area contributed by atoms with Gasteiger partial charge in [0.15, 0.2) is 0 Å². The summed E-state index contributed by atoms with van der Waals surface area (Å²) < 4.78 is 0. The lowest BCUT2D eigenvalue weighted by Crippen LogP contribution is -2.22. The van der Waals surface area contributed by atoms with Gasteiger partial charge in [0.1, 0.15) is 0 Å². The van der Waals surface area contributed by atoms with Crippen LogP contribution in [-0.2, 0) is 9.59 Å². The van der Waals surface area contributed by atoms with Crippen LogP contribution in [0.4, 0.5) is 17.1 Å². The predicted octanol–water partition coefficient (Wildman–Crippen LogP) is 2.88. The smallest absolute Gasteiger partial charge is 0.257 e. The SMILES string of the molecule is CC(=O)Nc1ccccc1C(=O)Nc1ccc(N(C)C(C)=O)cc1. The van der Waals surface area contributed by atoms with Gasteiger partial charge in [-0.3, -0.25) is 14.4 Å². The molecule has 2 rings (SSSR count). The summed E-state index contributed by atoms with van der Waals surface area (Å²) in [4.78, 5) is 36.5. The molecule has 24 heavy (non-hydrogen) atoms. The minimum atomic E-state index is -0.327. The molecular formula is C18H19N3O3. The van der Waals surface area contributed by atoms with E-state index in [9.17, 15) is 14.4 Å². The molecule has 0 bridgehead atoms. The van der Waals surface area contributed by atoms with E-state index in [1.54, 1.807) is 55.6 Å². The lowest BCUT2D eigenvalue weighted by molar-refractivity contribution is -0.116. The Labute approximate surface area is 140 Å². The molecule has 0 aliphatic heterocycles. The van der Waals surface area contributed by atoms with E-state index in [2.05, 4.69) is 10.6 Å². The number of hydrogen-bond acceptors (Lipinski definition) is 3. The van der Waals surface area contributed by atoms with Gasteiger partial charge in [0.2, 0.25) is 11.8 Å². The third-order valence-corrected chi connectivity index (χ3v) is 3.47. The van der Waals surface area contributed by atoms with Gasteiger partial charge in [0, 0.05) is 32.3 Å². The summed E-state index contributed by atoms with van der Waals surface area (Å²) in [6.45, 7) is 2.87. The van der Waals surface area contributed by atoms with Crippen molar-refractivity contribution in [2.75, 3.05) is 22.6 Å². The van der Waals surface area contributed by atoms with Crippen molar-refractivity contribution in [3.63, 3.8) is 0 Å². The van der Waals surface area contributed by atoms with Gasteiger partial charge in [0.05, 0.1) is 11.3 Å². The van der Waals surface area contributed by atoms with E-state index in [1.165, 1.54) is 18.7 Å². The average Bonchev–Trinajstić information content (AvgIpc) is 2.54. The van der Waals surface area contributed by atoms with Gasteiger partial charge in [-0.2, -0.15) is 0 Å². The van der Waals surface area contributed by atoms with Crippen LogP contribution >= 0.6 is 0 Å². The lowest BCUT2D eigenvalue weighted by atomic mass is 10.1. The summed E-state index contributed by atoms with van der Waals surface area (Å²) in [5, 5.41) is 5.41. The van der Waals surface area contributed by atoms with E-state index in [1.807, 2.05) is 0 Å². The third kappa shape index (κ3) is 4.19. The second kappa shape index (κ2) is 7.41. The molecule has 0 saturated heterocycles. The maximum Gasteiger partial charge on any atom is 0.257 e. The maximum atomic E-state index is 12.4. The second-order valence-electron chi connectivity index (χ2n) is 5.31. The molecule has 0 unspecified atom stereocenters. The Morgan fingerprint density at radius 1 is 0.875 bits per heavy atom. The fraction of sp³-hybridized carbons (Fsp3) is 0.167. The summed E-state index contributed by atoms with van der Waals surface area (Å²) in [6, 6.07) is 13.7. The minimum Gasteiger partial charge on any atom is -0.326 e. The van der Waals surface area contributed by atoms with Crippen molar-refractivity contribution in [3.05, 3.63) is 54.1 Å². The van der Waals surface area contributed by atoms with Gasteiger partial charge in [-0.1, -0.05) is 12.1 Å². The van der Waals surface area contributed by atoms with E-state index in [0.29, 0.717) is 16.9 Å². The van der Waals surface area contributed by atoms with Gasteiger partial charge in [0.25, 0.3) is 5.91 Å². The molecule has 0 spiro atoms. The highest BCUT2D eigenvalue weighted by molar-refractivity contribution is 6.10. The number of para-hydroxylation sites is 1. The van der Waals surface area contributed by atoms with Gasteiger partial charge >= 0.3 is 0 Å². The van der Waals surface area contributed by atoms with Crippen LogP contribution in [0.5, 0.6) is 0 Å². The van der Waals surface area contributed by atoms with Crippen LogP contribution in [-0.4, -0.2) is 24.8 Å². The van der Waals surface area contributed by atoms with E-state index < -0.39 is 0 Å². The number of carbonyl (C=O) groups is 3. The second-order valence-corrected chi connectivity index (χ2v) is 5.31. The molecule has 0 fully saturated rings. The van der Waals surface area contributed by atoms with Crippen LogP contribution < -0.4 is 15.5 Å². The summed E-state index contributed by atoms with van der Waals surface area (Å²) in [5.41, 5.74) is 2.16. The first-order valence-electron chi connectivity index (χ1n) is 7.41. The van der Waals surface area contributed by atoms with Crippen LogP contribution in [0.25, 0.3) is 0 Å². The Kier molecular flexibility index (Phi) is 5.31. The van der Waals surface area contributed by atoms with Crippen molar-refractivity contribution in [1.29, 1.82) is 0 Å². The van der Waals surface area contributed by atoms with Crippen LogP contribution in [0.15, 0.2) is 48.5 Å².